The molecule has 2 heterocycles. The lowest BCUT2D eigenvalue weighted by Crippen LogP contribution is -2.05. The topological polar surface area (TPSA) is 58.6 Å². The fourth-order valence-electron chi connectivity index (χ4n) is 1.26. The maximum absolute atomic E-state index is 10.8. The molecule has 70 valence electrons. The van der Waals surface area contributed by atoms with Crippen molar-refractivity contribution in [1.82, 2.24) is 15.2 Å². The van der Waals surface area contributed by atoms with Gasteiger partial charge in [-0.2, -0.15) is 5.10 Å². The summed E-state index contributed by atoms with van der Waals surface area (Å²) in [5.41, 5.74) is 2.58. The number of H-pyrrole nitrogens is 1. The van der Waals surface area contributed by atoms with E-state index in [9.17, 15) is 4.79 Å². The molecule has 0 bridgehead atoms. The summed E-state index contributed by atoms with van der Waals surface area (Å²) in [6.07, 6.45) is 3.47. The maximum atomic E-state index is 10.8. The van der Waals surface area contributed by atoms with Gasteiger partial charge in [-0.15, -0.1) is 0 Å². The van der Waals surface area contributed by atoms with Crippen molar-refractivity contribution in [3.8, 4) is 11.3 Å². The molecule has 0 saturated heterocycles. The van der Waals surface area contributed by atoms with Crippen molar-refractivity contribution >= 4 is 0 Å². The third-order valence-electron chi connectivity index (χ3n) is 1.98. The van der Waals surface area contributed by atoms with E-state index in [4.69, 9.17) is 0 Å². The molecule has 4 nitrogen and oxygen atoms in total. The van der Waals surface area contributed by atoms with Gasteiger partial charge in [-0.05, 0) is 24.6 Å². The Morgan fingerprint density at radius 2 is 2.14 bits per heavy atom. The van der Waals surface area contributed by atoms with Crippen LogP contribution in [0.25, 0.3) is 11.3 Å². The lowest BCUT2D eigenvalue weighted by Gasteiger charge is -2.01. The molecule has 2 aromatic heterocycles. The molecule has 2 rings (SSSR count). The van der Waals surface area contributed by atoms with Crippen molar-refractivity contribution in [3.05, 3.63) is 46.5 Å². The summed E-state index contributed by atoms with van der Waals surface area (Å²) in [5.74, 6) is 0. The van der Waals surface area contributed by atoms with E-state index in [0.717, 1.165) is 16.8 Å². The molecule has 4 heteroatoms. The molecule has 0 aliphatic rings. The summed E-state index contributed by atoms with van der Waals surface area (Å²) in [6, 6.07) is 5.03. The third-order valence-corrected chi connectivity index (χ3v) is 1.98. The fraction of sp³-hybridized carbons (Fsp3) is 0.100. The first-order valence-electron chi connectivity index (χ1n) is 4.24. The van der Waals surface area contributed by atoms with Gasteiger partial charge in [0.25, 0.3) is 5.56 Å². The van der Waals surface area contributed by atoms with Gasteiger partial charge in [0.05, 0.1) is 5.69 Å². The van der Waals surface area contributed by atoms with Gasteiger partial charge in [0, 0.05) is 24.0 Å². The van der Waals surface area contributed by atoms with Crippen LogP contribution in [-0.2, 0) is 0 Å². The SMILES string of the molecule is Cc1cnccc1-c1ccc(=O)[nH]n1. The second kappa shape index (κ2) is 3.41. The van der Waals surface area contributed by atoms with Crippen molar-refractivity contribution in [2.24, 2.45) is 0 Å². The van der Waals surface area contributed by atoms with Crippen LogP contribution in [0.2, 0.25) is 0 Å². The lowest BCUT2D eigenvalue weighted by atomic mass is 10.1. The smallest absolute Gasteiger partial charge is 0.264 e. The Kier molecular flexibility index (Phi) is 2.10. The molecule has 2 aromatic rings. The van der Waals surface area contributed by atoms with Gasteiger partial charge in [0.1, 0.15) is 0 Å². The first-order valence-corrected chi connectivity index (χ1v) is 4.24. The number of rotatable bonds is 1. The number of nitrogens with zero attached hydrogens (tertiary/aromatic N) is 2. The third kappa shape index (κ3) is 1.54. The number of aromatic amines is 1. The Hall–Kier alpha value is -1.97. The summed E-state index contributed by atoms with van der Waals surface area (Å²) in [5, 5.41) is 6.34. The Morgan fingerprint density at radius 3 is 2.79 bits per heavy atom. The summed E-state index contributed by atoms with van der Waals surface area (Å²) < 4.78 is 0. The van der Waals surface area contributed by atoms with Crippen molar-refractivity contribution in [1.29, 1.82) is 0 Å². The van der Waals surface area contributed by atoms with Crippen LogP contribution in [0.15, 0.2) is 35.4 Å². The molecule has 0 aromatic carbocycles. The van der Waals surface area contributed by atoms with E-state index >= 15 is 0 Å². The van der Waals surface area contributed by atoms with Gasteiger partial charge >= 0.3 is 0 Å². The zero-order chi connectivity index (χ0) is 9.97. The number of hydrogen-bond acceptors (Lipinski definition) is 3. The van der Waals surface area contributed by atoms with E-state index in [1.54, 1.807) is 18.5 Å². The average Bonchev–Trinajstić information content (AvgIpc) is 2.20. The van der Waals surface area contributed by atoms with Crippen LogP contribution >= 0.6 is 0 Å². The Morgan fingerprint density at radius 1 is 1.29 bits per heavy atom. The van der Waals surface area contributed by atoms with Crippen LogP contribution in [0.5, 0.6) is 0 Å². The zero-order valence-electron chi connectivity index (χ0n) is 7.69. The van der Waals surface area contributed by atoms with Crippen LogP contribution in [0.4, 0.5) is 0 Å². The van der Waals surface area contributed by atoms with E-state index in [-0.39, 0.29) is 5.56 Å². The summed E-state index contributed by atoms with van der Waals surface area (Å²) in [7, 11) is 0. The van der Waals surface area contributed by atoms with Crippen molar-refractivity contribution in [3.63, 3.8) is 0 Å². The highest BCUT2D eigenvalue weighted by atomic mass is 16.1. The standard InChI is InChI=1S/C10H9N3O/c1-7-6-11-5-4-8(7)9-2-3-10(14)13-12-9/h2-6H,1H3,(H,13,14). The van der Waals surface area contributed by atoms with E-state index in [2.05, 4.69) is 15.2 Å². The molecule has 0 aliphatic heterocycles. The molecule has 1 N–H and O–H groups in total. The number of hydrogen-bond donors (Lipinski definition) is 1. The first-order chi connectivity index (χ1) is 6.77. The first kappa shape index (κ1) is 8.62. The summed E-state index contributed by atoms with van der Waals surface area (Å²) >= 11 is 0. The molecular formula is C10H9N3O. The van der Waals surface area contributed by atoms with E-state index in [1.165, 1.54) is 6.07 Å². The highest BCUT2D eigenvalue weighted by molar-refractivity contribution is 5.61. The minimum absolute atomic E-state index is 0.194. The van der Waals surface area contributed by atoms with Gasteiger partial charge < -0.3 is 0 Å². The van der Waals surface area contributed by atoms with Crippen LogP contribution in [0.3, 0.4) is 0 Å². The van der Waals surface area contributed by atoms with Gasteiger partial charge in [-0.3, -0.25) is 9.78 Å². The number of aryl methyl sites for hydroxylation is 1. The Labute approximate surface area is 80.6 Å². The van der Waals surface area contributed by atoms with Gasteiger partial charge in [-0.25, -0.2) is 5.10 Å². The van der Waals surface area contributed by atoms with E-state index in [0.29, 0.717) is 0 Å². The van der Waals surface area contributed by atoms with Crippen molar-refractivity contribution in [2.45, 2.75) is 6.92 Å². The van der Waals surface area contributed by atoms with Crippen LogP contribution in [-0.4, -0.2) is 15.2 Å². The summed E-state index contributed by atoms with van der Waals surface area (Å²) in [6.45, 7) is 1.95. The lowest BCUT2D eigenvalue weighted by molar-refractivity contribution is 0.993. The molecule has 0 saturated carbocycles. The normalized spacial score (nSPS) is 10.1. The van der Waals surface area contributed by atoms with E-state index < -0.39 is 0 Å². The van der Waals surface area contributed by atoms with Gasteiger partial charge in [0.15, 0.2) is 0 Å². The number of nitrogens with one attached hydrogen (secondary N) is 1. The molecule has 0 unspecified atom stereocenters. The predicted octanol–water partition coefficient (Wildman–Crippen LogP) is 1.14. The van der Waals surface area contributed by atoms with Crippen LogP contribution in [0.1, 0.15) is 5.56 Å². The van der Waals surface area contributed by atoms with Gasteiger partial charge in [0.2, 0.25) is 0 Å². The highest BCUT2D eigenvalue weighted by Crippen LogP contribution is 2.17. The number of pyridine rings is 1. The second-order valence-electron chi connectivity index (χ2n) is 3.00. The molecule has 14 heavy (non-hydrogen) atoms. The summed E-state index contributed by atoms with van der Waals surface area (Å²) in [4.78, 5) is 14.8. The van der Waals surface area contributed by atoms with E-state index in [1.807, 2.05) is 13.0 Å². The predicted molar refractivity (Wildman–Crippen MR) is 52.8 cm³/mol. The molecule has 0 aliphatic carbocycles. The van der Waals surface area contributed by atoms with Crippen molar-refractivity contribution in [2.75, 3.05) is 0 Å². The monoisotopic (exact) mass is 187 g/mol. The molecule has 0 atom stereocenters. The largest absolute Gasteiger partial charge is 0.268 e. The fourth-order valence-corrected chi connectivity index (χ4v) is 1.26. The minimum atomic E-state index is -0.194. The molecule has 0 amide bonds. The molecule has 0 spiro atoms. The quantitative estimate of drug-likeness (QED) is 0.728. The number of aromatic nitrogens is 3. The van der Waals surface area contributed by atoms with Crippen LogP contribution < -0.4 is 5.56 Å². The molecular weight excluding hydrogens is 178 g/mol. The maximum Gasteiger partial charge on any atom is 0.264 e. The zero-order valence-corrected chi connectivity index (χ0v) is 7.69. The Bertz CT molecular complexity index is 484. The molecule has 0 fully saturated rings. The highest BCUT2D eigenvalue weighted by Gasteiger charge is 2.01. The Balaban J connectivity index is 2.55. The van der Waals surface area contributed by atoms with Crippen LogP contribution in [0, 0.1) is 6.92 Å². The molecule has 0 radical (unpaired) electrons. The van der Waals surface area contributed by atoms with Crippen molar-refractivity contribution < 1.29 is 0 Å². The average molecular weight is 187 g/mol. The second-order valence-corrected chi connectivity index (χ2v) is 3.00. The van der Waals surface area contributed by atoms with Gasteiger partial charge in [-0.1, -0.05) is 0 Å². The minimum Gasteiger partial charge on any atom is -0.268 e.